The average molecular weight is 359 g/mol. The van der Waals surface area contributed by atoms with Crippen molar-refractivity contribution in [1.29, 1.82) is 0 Å². The van der Waals surface area contributed by atoms with Crippen LogP contribution in [0.5, 0.6) is 0 Å². The van der Waals surface area contributed by atoms with E-state index in [1.165, 1.54) is 0 Å². The number of carbonyl (C=O) groups is 1. The monoisotopic (exact) mass is 358 g/mol. The number of hydrogen-bond donors (Lipinski definition) is 3. The van der Waals surface area contributed by atoms with Crippen LogP contribution in [0.1, 0.15) is 60.3 Å². The summed E-state index contributed by atoms with van der Waals surface area (Å²) < 4.78 is 10.7. The van der Waals surface area contributed by atoms with Gasteiger partial charge in [0, 0.05) is 39.4 Å². The first-order valence-electron chi connectivity index (χ1n) is 9.45. The summed E-state index contributed by atoms with van der Waals surface area (Å²) in [5.74, 6) is 0.799. The van der Waals surface area contributed by atoms with E-state index >= 15 is 0 Å². The molecule has 0 rings (SSSR count). The van der Waals surface area contributed by atoms with Crippen LogP contribution in [0.2, 0.25) is 0 Å². The van der Waals surface area contributed by atoms with Crippen LogP contribution in [-0.2, 0) is 9.47 Å². The Morgan fingerprint density at radius 3 is 2.28 bits per heavy atom. The number of ether oxygens (including phenoxy) is 2. The zero-order chi connectivity index (χ0) is 19.0. The number of unbranched alkanes of at least 4 members (excludes halogenated alkanes) is 1. The van der Waals surface area contributed by atoms with Gasteiger partial charge in [0.2, 0.25) is 0 Å². The van der Waals surface area contributed by atoms with E-state index < -0.39 is 5.60 Å². The normalized spacial score (nSPS) is 12.0. The minimum Gasteiger partial charge on any atom is -0.444 e. The van der Waals surface area contributed by atoms with Gasteiger partial charge in [-0.1, -0.05) is 13.3 Å². The van der Waals surface area contributed by atoms with Crippen molar-refractivity contribution >= 4 is 12.1 Å². The molecule has 0 aromatic rings. The molecule has 0 saturated carbocycles. The van der Waals surface area contributed by atoms with E-state index in [-0.39, 0.29) is 6.09 Å². The Hall–Kier alpha value is -1.50. The third-order valence-corrected chi connectivity index (χ3v) is 3.02. The standard InChI is InChI=1S/C18H38N4O3/c1-6-8-14-24-15-10-13-21-16(19-7-2)20-11-9-12-22-17(23)25-18(3,4)5/h6-15H2,1-5H3,(H,22,23)(H2,19,20,21). The van der Waals surface area contributed by atoms with Crippen LogP contribution in [0.4, 0.5) is 4.79 Å². The summed E-state index contributed by atoms with van der Waals surface area (Å²) in [6.07, 6.45) is 3.61. The summed E-state index contributed by atoms with van der Waals surface area (Å²) in [5.41, 5.74) is -0.468. The van der Waals surface area contributed by atoms with Crippen molar-refractivity contribution in [3.8, 4) is 0 Å². The van der Waals surface area contributed by atoms with E-state index in [0.29, 0.717) is 13.1 Å². The van der Waals surface area contributed by atoms with E-state index in [0.717, 1.165) is 57.9 Å². The van der Waals surface area contributed by atoms with Gasteiger partial charge in [0.1, 0.15) is 5.60 Å². The Morgan fingerprint density at radius 2 is 1.64 bits per heavy atom. The molecule has 0 heterocycles. The van der Waals surface area contributed by atoms with Crippen LogP contribution in [0, 0.1) is 0 Å². The van der Waals surface area contributed by atoms with E-state index in [1.54, 1.807) is 0 Å². The van der Waals surface area contributed by atoms with Crippen molar-refractivity contribution < 1.29 is 14.3 Å². The SMILES string of the molecule is CCCCOCCCNC(=NCCCNC(=O)OC(C)(C)C)NCC. The maximum atomic E-state index is 11.5. The van der Waals surface area contributed by atoms with Crippen LogP contribution < -0.4 is 16.0 Å². The number of aliphatic imine (C=N–C) groups is 1. The number of nitrogens with zero attached hydrogens (tertiary/aromatic N) is 1. The fourth-order valence-electron chi connectivity index (χ4n) is 1.85. The molecule has 0 aromatic carbocycles. The summed E-state index contributed by atoms with van der Waals surface area (Å²) in [6.45, 7) is 14.2. The molecule has 0 fully saturated rings. The number of alkyl carbamates (subject to hydrolysis) is 1. The number of hydrogen-bond acceptors (Lipinski definition) is 4. The molecule has 0 aliphatic rings. The Morgan fingerprint density at radius 1 is 0.960 bits per heavy atom. The molecule has 7 heteroatoms. The van der Waals surface area contributed by atoms with Gasteiger partial charge < -0.3 is 25.4 Å². The van der Waals surface area contributed by atoms with Gasteiger partial charge in [-0.15, -0.1) is 0 Å². The van der Waals surface area contributed by atoms with Gasteiger partial charge in [0.25, 0.3) is 0 Å². The molecule has 1 amide bonds. The van der Waals surface area contributed by atoms with Crippen molar-refractivity contribution in [2.45, 2.75) is 65.9 Å². The molecule has 0 saturated heterocycles. The van der Waals surface area contributed by atoms with Gasteiger partial charge in [-0.05, 0) is 47.0 Å². The largest absolute Gasteiger partial charge is 0.444 e. The highest BCUT2D eigenvalue weighted by atomic mass is 16.6. The van der Waals surface area contributed by atoms with Gasteiger partial charge in [-0.3, -0.25) is 4.99 Å². The third kappa shape index (κ3) is 17.1. The Kier molecular flexibility index (Phi) is 13.9. The minimum absolute atomic E-state index is 0.385. The van der Waals surface area contributed by atoms with Gasteiger partial charge in [-0.25, -0.2) is 4.79 Å². The van der Waals surface area contributed by atoms with Crippen molar-refractivity contribution in [3.63, 3.8) is 0 Å². The Labute approximate surface area is 153 Å². The molecule has 7 nitrogen and oxygen atoms in total. The lowest BCUT2D eigenvalue weighted by Gasteiger charge is -2.19. The summed E-state index contributed by atoms with van der Waals surface area (Å²) in [6, 6.07) is 0. The molecule has 0 unspecified atom stereocenters. The quantitative estimate of drug-likeness (QED) is 0.284. The molecule has 25 heavy (non-hydrogen) atoms. The highest BCUT2D eigenvalue weighted by Gasteiger charge is 2.15. The van der Waals surface area contributed by atoms with E-state index in [2.05, 4.69) is 27.9 Å². The summed E-state index contributed by atoms with van der Waals surface area (Å²) in [5, 5.41) is 9.23. The first-order chi connectivity index (χ1) is 11.9. The second-order valence-corrected chi connectivity index (χ2v) is 6.79. The molecule has 0 aliphatic heterocycles. The molecular weight excluding hydrogens is 320 g/mol. The minimum atomic E-state index is -0.468. The van der Waals surface area contributed by atoms with Gasteiger partial charge in [0.05, 0.1) is 0 Å². The second kappa shape index (κ2) is 14.8. The zero-order valence-electron chi connectivity index (χ0n) is 16.7. The first kappa shape index (κ1) is 23.5. The van der Waals surface area contributed by atoms with Crippen molar-refractivity contribution in [3.05, 3.63) is 0 Å². The van der Waals surface area contributed by atoms with E-state index in [1.807, 2.05) is 27.7 Å². The number of rotatable bonds is 12. The maximum absolute atomic E-state index is 11.5. The molecule has 3 N–H and O–H groups in total. The van der Waals surface area contributed by atoms with Crippen LogP contribution in [0.3, 0.4) is 0 Å². The lowest BCUT2D eigenvalue weighted by atomic mass is 10.2. The lowest BCUT2D eigenvalue weighted by molar-refractivity contribution is 0.0527. The molecule has 0 bridgehead atoms. The highest BCUT2D eigenvalue weighted by molar-refractivity contribution is 5.79. The predicted octanol–water partition coefficient (Wildman–Crippen LogP) is 2.66. The number of carbonyl (C=O) groups excluding carboxylic acids is 1. The van der Waals surface area contributed by atoms with E-state index in [9.17, 15) is 4.79 Å². The molecule has 0 spiro atoms. The third-order valence-electron chi connectivity index (χ3n) is 3.02. The second-order valence-electron chi connectivity index (χ2n) is 6.79. The number of amides is 1. The fraction of sp³-hybridized carbons (Fsp3) is 0.889. The summed E-state index contributed by atoms with van der Waals surface area (Å²) in [7, 11) is 0. The maximum Gasteiger partial charge on any atom is 0.407 e. The van der Waals surface area contributed by atoms with Crippen molar-refractivity contribution in [2.75, 3.05) is 39.4 Å². The van der Waals surface area contributed by atoms with Gasteiger partial charge >= 0.3 is 6.09 Å². The lowest BCUT2D eigenvalue weighted by Crippen LogP contribution is -2.38. The van der Waals surface area contributed by atoms with Crippen molar-refractivity contribution in [1.82, 2.24) is 16.0 Å². The topological polar surface area (TPSA) is 84.0 Å². The first-order valence-corrected chi connectivity index (χ1v) is 9.45. The smallest absolute Gasteiger partial charge is 0.407 e. The predicted molar refractivity (Wildman–Crippen MR) is 103 cm³/mol. The highest BCUT2D eigenvalue weighted by Crippen LogP contribution is 2.06. The summed E-state index contributed by atoms with van der Waals surface area (Å²) in [4.78, 5) is 16.0. The van der Waals surface area contributed by atoms with Crippen molar-refractivity contribution in [2.24, 2.45) is 4.99 Å². The van der Waals surface area contributed by atoms with Crippen LogP contribution in [0.15, 0.2) is 4.99 Å². The van der Waals surface area contributed by atoms with Crippen LogP contribution in [-0.4, -0.2) is 57.0 Å². The van der Waals surface area contributed by atoms with Crippen LogP contribution in [0.25, 0.3) is 0 Å². The molecule has 0 aliphatic carbocycles. The summed E-state index contributed by atoms with van der Waals surface area (Å²) >= 11 is 0. The number of nitrogens with one attached hydrogen (secondary N) is 3. The molecule has 0 radical (unpaired) electrons. The van der Waals surface area contributed by atoms with E-state index in [4.69, 9.17) is 9.47 Å². The Bertz CT molecular complexity index is 368. The van der Waals surface area contributed by atoms with Crippen LogP contribution >= 0.6 is 0 Å². The molecule has 0 aromatic heterocycles. The fourth-order valence-corrected chi connectivity index (χ4v) is 1.85. The average Bonchev–Trinajstić information content (AvgIpc) is 2.51. The molecule has 0 atom stereocenters. The Balaban J connectivity index is 3.82. The van der Waals surface area contributed by atoms with Gasteiger partial charge in [-0.2, -0.15) is 0 Å². The molecular formula is C18H38N4O3. The van der Waals surface area contributed by atoms with Gasteiger partial charge in [0.15, 0.2) is 5.96 Å². The number of guanidine groups is 1. The zero-order valence-corrected chi connectivity index (χ0v) is 16.7. The molecule has 148 valence electrons.